The molecule has 104 valence electrons. The molecule has 1 aromatic rings. The van der Waals surface area contributed by atoms with E-state index >= 15 is 0 Å². The highest BCUT2D eigenvalue weighted by molar-refractivity contribution is 5.76. The second-order valence-corrected chi connectivity index (χ2v) is 4.62. The third-order valence-corrected chi connectivity index (χ3v) is 3.57. The zero-order valence-electron chi connectivity index (χ0n) is 11.0. The summed E-state index contributed by atoms with van der Waals surface area (Å²) in [5.74, 6) is 5.34. The van der Waals surface area contributed by atoms with Crippen LogP contribution in [0, 0.1) is 10.1 Å². The topological polar surface area (TPSA) is 93.7 Å². The minimum absolute atomic E-state index is 0.00778. The number of nitro benzene ring substituents is 1. The number of likely N-dealkylation sites (N-methyl/N-ethyl adjacent to an activating group) is 1. The molecule has 1 aliphatic rings. The van der Waals surface area contributed by atoms with E-state index in [1.165, 1.54) is 0 Å². The zero-order chi connectivity index (χ0) is 14.0. The van der Waals surface area contributed by atoms with Gasteiger partial charge in [-0.1, -0.05) is 6.07 Å². The minimum atomic E-state index is -0.415. The first kappa shape index (κ1) is 13.6. The second-order valence-electron chi connectivity index (χ2n) is 4.62. The van der Waals surface area contributed by atoms with Gasteiger partial charge in [0.1, 0.15) is 11.4 Å². The molecule has 1 aromatic carbocycles. The van der Waals surface area contributed by atoms with E-state index in [4.69, 9.17) is 10.6 Å². The number of nitrogens with zero attached hydrogens (tertiary/aromatic N) is 2. The monoisotopic (exact) mass is 266 g/mol. The molecule has 1 fully saturated rings. The fraction of sp³-hybridized carbons (Fsp3) is 0.500. The third-order valence-electron chi connectivity index (χ3n) is 3.57. The van der Waals surface area contributed by atoms with E-state index < -0.39 is 4.92 Å². The molecule has 0 amide bonds. The quantitative estimate of drug-likeness (QED) is 0.487. The van der Waals surface area contributed by atoms with Gasteiger partial charge in [0.25, 0.3) is 0 Å². The van der Waals surface area contributed by atoms with Crippen LogP contribution in [0.2, 0.25) is 0 Å². The van der Waals surface area contributed by atoms with Gasteiger partial charge in [0, 0.05) is 13.7 Å². The molecule has 1 saturated heterocycles. The van der Waals surface area contributed by atoms with E-state index in [2.05, 4.69) is 5.43 Å². The first-order valence-electron chi connectivity index (χ1n) is 6.14. The van der Waals surface area contributed by atoms with Gasteiger partial charge >= 0.3 is 5.69 Å². The molecule has 0 aliphatic carbocycles. The number of hydrazine groups is 1. The summed E-state index contributed by atoms with van der Waals surface area (Å²) in [4.78, 5) is 12.7. The van der Waals surface area contributed by atoms with Crippen molar-refractivity contribution in [3.8, 4) is 0 Å². The van der Waals surface area contributed by atoms with Crippen LogP contribution in [0.25, 0.3) is 0 Å². The summed E-state index contributed by atoms with van der Waals surface area (Å²) in [6.07, 6.45) is 0.911. The Morgan fingerprint density at radius 3 is 2.84 bits per heavy atom. The number of hydrogen-bond acceptors (Lipinski definition) is 6. The highest BCUT2D eigenvalue weighted by Gasteiger charge is 2.32. The predicted molar refractivity (Wildman–Crippen MR) is 73.1 cm³/mol. The van der Waals surface area contributed by atoms with Crippen molar-refractivity contribution in [3.63, 3.8) is 0 Å². The van der Waals surface area contributed by atoms with E-state index in [1.807, 2.05) is 18.9 Å². The fourth-order valence-electron chi connectivity index (χ4n) is 2.53. The maximum Gasteiger partial charge on any atom is 0.316 e. The predicted octanol–water partition coefficient (Wildman–Crippen LogP) is 1.49. The molecule has 2 unspecified atom stereocenters. The molecular formula is C12H18N4O3. The summed E-state index contributed by atoms with van der Waals surface area (Å²) in [6, 6.07) is 5.19. The van der Waals surface area contributed by atoms with Crippen LogP contribution in [-0.4, -0.2) is 30.7 Å². The SMILES string of the molecule is CC1OCCC1N(C)c1cccc(NN)c1[N+](=O)[O-]. The van der Waals surface area contributed by atoms with E-state index in [0.717, 1.165) is 6.42 Å². The molecule has 0 radical (unpaired) electrons. The lowest BCUT2D eigenvalue weighted by atomic mass is 10.1. The van der Waals surface area contributed by atoms with Gasteiger partial charge in [-0.15, -0.1) is 0 Å². The summed E-state index contributed by atoms with van der Waals surface area (Å²) >= 11 is 0. The van der Waals surface area contributed by atoms with Crippen molar-refractivity contribution in [1.29, 1.82) is 0 Å². The van der Waals surface area contributed by atoms with Crippen molar-refractivity contribution < 1.29 is 9.66 Å². The number of nitro groups is 1. The number of rotatable bonds is 4. The van der Waals surface area contributed by atoms with E-state index in [-0.39, 0.29) is 17.8 Å². The standard InChI is InChI=1S/C12H18N4O3/c1-8-10(6-7-19-8)15(2)11-5-3-4-9(14-13)12(11)16(17)18/h3-5,8,10,14H,6-7,13H2,1-2H3. The van der Waals surface area contributed by atoms with Crippen LogP contribution in [0.4, 0.5) is 17.1 Å². The lowest BCUT2D eigenvalue weighted by Crippen LogP contribution is -2.37. The normalized spacial score (nSPS) is 22.3. The molecule has 1 aliphatic heterocycles. The first-order valence-corrected chi connectivity index (χ1v) is 6.14. The highest BCUT2D eigenvalue weighted by Crippen LogP contribution is 2.36. The number of nitrogen functional groups attached to an aromatic ring is 1. The van der Waals surface area contributed by atoms with Gasteiger partial charge in [-0.3, -0.25) is 16.0 Å². The molecule has 0 aromatic heterocycles. The van der Waals surface area contributed by atoms with Gasteiger partial charge in [-0.25, -0.2) is 0 Å². The number of hydrogen-bond donors (Lipinski definition) is 2. The summed E-state index contributed by atoms with van der Waals surface area (Å²) in [6.45, 7) is 2.66. The van der Waals surface area contributed by atoms with Crippen molar-refractivity contribution in [3.05, 3.63) is 28.3 Å². The van der Waals surface area contributed by atoms with Gasteiger partial charge < -0.3 is 15.1 Å². The average molecular weight is 266 g/mol. The number of anilines is 2. The van der Waals surface area contributed by atoms with Crippen LogP contribution < -0.4 is 16.2 Å². The van der Waals surface area contributed by atoms with Crippen LogP contribution in [-0.2, 0) is 4.74 Å². The maximum atomic E-state index is 11.3. The Bertz CT molecular complexity index is 480. The number of benzene rings is 1. The van der Waals surface area contributed by atoms with Crippen LogP contribution >= 0.6 is 0 Å². The molecule has 7 nitrogen and oxygen atoms in total. The first-order chi connectivity index (χ1) is 9.06. The summed E-state index contributed by atoms with van der Waals surface area (Å²) < 4.78 is 5.51. The molecule has 19 heavy (non-hydrogen) atoms. The van der Waals surface area contributed by atoms with Gasteiger partial charge in [0.2, 0.25) is 0 Å². The fourth-order valence-corrected chi connectivity index (χ4v) is 2.53. The Balaban J connectivity index is 2.41. The van der Waals surface area contributed by atoms with Gasteiger partial charge in [-0.2, -0.15) is 0 Å². The Morgan fingerprint density at radius 1 is 1.58 bits per heavy atom. The molecule has 2 rings (SSSR count). The van der Waals surface area contributed by atoms with E-state index in [0.29, 0.717) is 18.0 Å². The average Bonchev–Trinajstić information content (AvgIpc) is 2.83. The van der Waals surface area contributed by atoms with Crippen molar-refractivity contribution in [2.45, 2.75) is 25.5 Å². The van der Waals surface area contributed by atoms with Crippen LogP contribution in [0.5, 0.6) is 0 Å². The Hall–Kier alpha value is -1.86. The smallest absolute Gasteiger partial charge is 0.316 e. The maximum absolute atomic E-state index is 11.3. The number of nitrogens with two attached hydrogens (primary N) is 1. The third kappa shape index (κ3) is 2.47. The Kier molecular flexibility index (Phi) is 3.87. The molecule has 2 atom stereocenters. The molecule has 3 N–H and O–H groups in total. The largest absolute Gasteiger partial charge is 0.376 e. The van der Waals surface area contributed by atoms with E-state index in [1.54, 1.807) is 18.2 Å². The minimum Gasteiger partial charge on any atom is -0.376 e. The van der Waals surface area contributed by atoms with Gasteiger partial charge in [-0.05, 0) is 25.5 Å². The zero-order valence-corrected chi connectivity index (χ0v) is 11.0. The highest BCUT2D eigenvalue weighted by atomic mass is 16.6. The molecule has 1 heterocycles. The molecule has 7 heteroatoms. The number of para-hydroxylation sites is 1. The molecule has 0 bridgehead atoms. The Morgan fingerprint density at radius 2 is 2.32 bits per heavy atom. The second kappa shape index (κ2) is 5.41. The van der Waals surface area contributed by atoms with Crippen LogP contribution in [0.15, 0.2) is 18.2 Å². The van der Waals surface area contributed by atoms with Crippen molar-refractivity contribution in [1.82, 2.24) is 0 Å². The molecule has 0 spiro atoms. The van der Waals surface area contributed by atoms with E-state index in [9.17, 15) is 10.1 Å². The summed E-state index contributed by atoms with van der Waals surface area (Å²) in [7, 11) is 1.85. The Labute approximate surface area is 111 Å². The van der Waals surface area contributed by atoms with Crippen LogP contribution in [0.1, 0.15) is 13.3 Å². The molecule has 0 saturated carbocycles. The number of ether oxygens (including phenoxy) is 1. The number of nitrogens with one attached hydrogen (secondary N) is 1. The molecular weight excluding hydrogens is 248 g/mol. The van der Waals surface area contributed by atoms with Crippen molar-refractivity contribution >= 4 is 17.1 Å². The van der Waals surface area contributed by atoms with Crippen molar-refractivity contribution in [2.75, 3.05) is 24.0 Å². The lowest BCUT2D eigenvalue weighted by Gasteiger charge is -2.28. The van der Waals surface area contributed by atoms with Gasteiger partial charge in [0.05, 0.1) is 17.1 Å². The van der Waals surface area contributed by atoms with Crippen LogP contribution in [0.3, 0.4) is 0 Å². The lowest BCUT2D eigenvalue weighted by molar-refractivity contribution is -0.383. The summed E-state index contributed by atoms with van der Waals surface area (Å²) in [5, 5.41) is 11.3. The van der Waals surface area contributed by atoms with Crippen molar-refractivity contribution in [2.24, 2.45) is 5.84 Å². The summed E-state index contributed by atoms with van der Waals surface area (Å²) in [5.41, 5.74) is 3.22. The van der Waals surface area contributed by atoms with Gasteiger partial charge in [0.15, 0.2) is 0 Å².